The van der Waals surface area contributed by atoms with E-state index in [4.69, 9.17) is 0 Å². The third kappa shape index (κ3) is 2.75. The van der Waals surface area contributed by atoms with Crippen LogP contribution in [0.3, 0.4) is 0 Å². The number of pyridine rings is 1. The highest BCUT2D eigenvalue weighted by Crippen LogP contribution is 2.38. The van der Waals surface area contributed by atoms with Crippen molar-refractivity contribution in [2.45, 2.75) is 25.4 Å². The molecule has 7 heteroatoms. The van der Waals surface area contributed by atoms with Crippen LogP contribution < -0.4 is 11.2 Å². The van der Waals surface area contributed by atoms with E-state index in [-0.39, 0.29) is 17.3 Å². The van der Waals surface area contributed by atoms with Crippen molar-refractivity contribution in [3.63, 3.8) is 0 Å². The van der Waals surface area contributed by atoms with E-state index in [1.807, 2.05) is 19.9 Å². The van der Waals surface area contributed by atoms with Crippen molar-refractivity contribution < 1.29 is 4.79 Å². The maximum Gasteiger partial charge on any atom is 0.331 e. The Morgan fingerprint density at radius 1 is 1.29 bits per heavy atom. The largest absolute Gasteiger partial charge is 0.331 e. The summed E-state index contributed by atoms with van der Waals surface area (Å²) in [4.78, 5) is 42.0. The van der Waals surface area contributed by atoms with E-state index in [1.54, 1.807) is 24.5 Å². The van der Waals surface area contributed by atoms with Gasteiger partial charge in [0.25, 0.3) is 5.56 Å². The second-order valence-electron chi connectivity index (χ2n) is 6.06. The van der Waals surface area contributed by atoms with E-state index >= 15 is 0 Å². The molecule has 2 aromatic rings. The zero-order valence-corrected chi connectivity index (χ0v) is 14.5. The van der Waals surface area contributed by atoms with Gasteiger partial charge in [0.15, 0.2) is 0 Å². The number of rotatable bonds is 3. The normalized spacial score (nSPS) is 15.3. The standard InChI is InChI=1S/C17H17N3O3S/c1-10(2)9-20-16-13(15(22)19(3)17(20)23)14(21)12(24-16)7-11-5-4-6-18-8-11/h4-8,10H,9H2,1-3H3/b12-7-. The summed E-state index contributed by atoms with van der Waals surface area (Å²) in [6, 6.07) is 3.60. The van der Waals surface area contributed by atoms with Gasteiger partial charge < -0.3 is 0 Å². The molecule has 0 bridgehead atoms. The summed E-state index contributed by atoms with van der Waals surface area (Å²) in [5.74, 6) is -0.122. The second-order valence-corrected chi connectivity index (χ2v) is 7.09. The monoisotopic (exact) mass is 343 g/mol. The summed E-state index contributed by atoms with van der Waals surface area (Å²) in [5.41, 5.74) is -0.0777. The van der Waals surface area contributed by atoms with Crippen LogP contribution in [0.2, 0.25) is 0 Å². The molecule has 0 spiro atoms. The van der Waals surface area contributed by atoms with Gasteiger partial charge >= 0.3 is 5.69 Å². The van der Waals surface area contributed by atoms with Crippen LogP contribution in [0.5, 0.6) is 0 Å². The van der Waals surface area contributed by atoms with Gasteiger partial charge in [0.2, 0.25) is 5.78 Å². The Kier molecular flexibility index (Phi) is 4.28. The molecule has 0 unspecified atom stereocenters. The molecule has 3 heterocycles. The summed E-state index contributed by atoms with van der Waals surface area (Å²) >= 11 is 1.18. The van der Waals surface area contributed by atoms with Crippen molar-refractivity contribution in [3.05, 3.63) is 61.4 Å². The summed E-state index contributed by atoms with van der Waals surface area (Å²) in [6.45, 7) is 4.42. The van der Waals surface area contributed by atoms with Crippen molar-refractivity contribution >= 4 is 23.6 Å². The second kappa shape index (κ2) is 6.24. The molecule has 0 N–H and O–H groups in total. The quantitative estimate of drug-likeness (QED) is 0.629. The third-order valence-corrected chi connectivity index (χ3v) is 4.82. The summed E-state index contributed by atoms with van der Waals surface area (Å²) < 4.78 is 2.53. The summed E-state index contributed by atoms with van der Waals surface area (Å²) in [6.07, 6.45) is 4.99. The molecule has 1 aliphatic heterocycles. The maximum absolute atomic E-state index is 12.7. The molecule has 0 saturated heterocycles. The van der Waals surface area contributed by atoms with Crippen LogP contribution in [0.4, 0.5) is 0 Å². The number of ketones is 1. The van der Waals surface area contributed by atoms with Crippen molar-refractivity contribution in [2.75, 3.05) is 0 Å². The first-order valence-electron chi connectivity index (χ1n) is 7.58. The molecule has 0 amide bonds. The average molecular weight is 343 g/mol. The van der Waals surface area contributed by atoms with Gasteiger partial charge in [-0.25, -0.2) is 4.79 Å². The number of Topliss-reactive ketones (excluding diaryl/α,β-unsaturated/α-hetero) is 1. The minimum absolute atomic E-state index is 0.0814. The number of carbonyl (C=O) groups excluding carboxylic acids is 1. The minimum atomic E-state index is -0.540. The molecule has 3 rings (SSSR count). The lowest BCUT2D eigenvalue weighted by Gasteiger charge is -2.13. The fourth-order valence-electron chi connectivity index (χ4n) is 2.56. The lowest BCUT2D eigenvalue weighted by Crippen LogP contribution is -2.41. The van der Waals surface area contributed by atoms with Gasteiger partial charge in [-0.15, -0.1) is 0 Å². The lowest BCUT2D eigenvalue weighted by atomic mass is 10.1. The van der Waals surface area contributed by atoms with Crippen LogP contribution in [-0.4, -0.2) is 19.9 Å². The van der Waals surface area contributed by atoms with Crippen molar-refractivity contribution in [2.24, 2.45) is 13.0 Å². The number of carbonyl (C=O) groups is 1. The maximum atomic E-state index is 12.7. The number of allylic oxidation sites excluding steroid dienone is 1. The van der Waals surface area contributed by atoms with Crippen molar-refractivity contribution in [1.29, 1.82) is 0 Å². The molecular weight excluding hydrogens is 326 g/mol. The molecular formula is C17H17N3O3S. The zero-order valence-electron chi connectivity index (χ0n) is 13.6. The molecule has 1 aliphatic rings. The fraction of sp³-hybridized carbons (Fsp3) is 0.294. The summed E-state index contributed by atoms with van der Waals surface area (Å²) in [5, 5.41) is 0.442. The summed E-state index contributed by atoms with van der Waals surface area (Å²) in [7, 11) is 1.41. The third-order valence-electron chi connectivity index (χ3n) is 3.68. The zero-order chi connectivity index (χ0) is 17.4. The number of thioether (sulfide) groups is 1. The molecule has 0 aromatic carbocycles. The van der Waals surface area contributed by atoms with Crippen molar-refractivity contribution in [3.8, 4) is 0 Å². The van der Waals surface area contributed by atoms with Gasteiger partial charge in [-0.2, -0.15) is 0 Å². The molecule has 6 nitrogen and oxygen atoms in total. The number of fused-ring (bicyclic) bond motifs is 1. The number of nitrogens with zero attached hydrogens (tertiary/aromatic N) is 3. The van der Waals surface area contributed by atoms with Gasteiger partial charge in [-0.05, 0) is 23.6 Å². The van der Waals surface area contributed by atoms with Crippen LogP contribution in [0.1, 0.15) is 29.8 Å². The van der Waals surface area contributed by atoms with Crippen LogP contribution in [0.25, 0.3) is 6.08 Å². The average Bonchev–Trinajstić information content (AvgIpc) is 2.87. The van der Waals surface area contributed by atoms with Gasteiger partial charge in [-0.1, -0.05) is 31.7 Å². The first-order valence-corrected chi connectivity index (χ1v) is 8.40. The number of aromatic nitrogens is 3. The van der Waals surface area contributed by atoms with Crippen LogP contribution in [0.15, 0.2) is 44.0 Å². The highest BCUT2D eigenvalue weighted by molar-refractivity contribution is 8.04. The predicted molar refractivity (Wildman–Crippen MR) is 93.2 cm³/mol. The number of hydrogen-bond acceptors (Lipinski definition) is 5. The highest BCUT2D eigenvalue weighted by atomic mass is 32.2. The van der Waals surface area contributed by atoms with Gasteiger partial charge in [0, 0.05) is 26.0 Å². The molecule has 0 radical (unpaired) electrons. The van der Waals surface area contributed by atoms with Crippen LogP contribution in [0, 0.1) is 5.92 Å². The van der Waals surface area contributed by atoms with Crippen LogP contribution >= 0.6 is 11.8 Å². The Hall–Kier alpha value is -2.41. The molecule has 24 heavy (non-hydrogen) atoms. The Morgan fingerprint density at radius 2 is 2.04 bits per heavy atom. The van der Waals surface area contributed by atoms with Gasteiger partial charge in [-0.3, -0.25) is 23.7 Å². The van der Waals surface area contributed by atoms with Gasteiger partial charge in [0.1, 0.15) is 10.6 Å². The lowest BCUT2D eigenvalue weighted by molar-refractivity contribution is 0.104. The molecule has 0 fully saturated rings. The minimum Gasteiger partial charge on any atom is -0.288 e. The number of hydrogen-bond donors (Lipinski definition) is 0. The smallest absolute Gasteiger partial charge is 0.288 e. The Bertz CT molecular complexity index is 956. The van der Waals surface area contributed by atoms with Crippen molar-refractivity contribution in [1.82, 2.24) is 14.1 Å². The Morgan fingerprint density at radius 3 is 2.67 bits per heavy atom. The van der Waals surface area contributed by atoms with E-state index in [0.29, 0.717) is 16.5 Å². The van der Waals surface area contributed by atoms with E-state index < -0.39 is 11.2 Å². The SMILES string of the molecule is CC(C)Cn1c2c(c(=O)n(C)c1=O)C(=O)/C(=C/c1cccnc1)S2. The Balaban J connectivity index is 2.18. The molecule has 0 saturated carbocycles. The molecule has 0 aliphatic carbocycles. The first kappa shape index (κ1) is 16.4. The van der Waals surface area contributed by atoms with E-state index in [1.165, 1.54) is 23.4 Å². The molecule has 0 atom stereocenters. The van der Waals surface area contributed by atoms with E-state index in [2.05, 4.69) is 4.98 Å². The molecule has 2 aromatic heterocycles. The van der Waals surface area contributed by atoms with Crippen LogP contribution in [-0.2, 0) is 13.6 Å². The fourth-order valence-corrected chi connectivity index (χ4v) is 3.70. The van der Waals surface area contributed by atoms with E-state index in [0.717, 1.165) is 10.1 Å². The highest BCUT2D eigenvalue weighted by Gasteiger charge is 2.33. The van der Waals surface area contributed by atoms with E-state index in [9.17, 15) is 14.4 Å². The van der Waals surface area contributed by atoms with Gasteiger partial charge in [0.05, 0.1) is 4.91 Å². The molecule has 124 valence electrons. The predicted octanol–water partition coefficient (Wildman–Crippen LogP) is 1.93. The first-order chi connectivity index (χ1) is 11.4. The Labute approximate surface area is 142 Å². The topological polar surface area (TPSA) is 74.0 Å².